The van der Waals surface area contributed by atoms with Gasteiger partial charge in [0.15, 0.2) is 0 Å². The van der Waals surface area contributed by atoms with Crippen molar-refractivity contribution in [2.45, 2.75) is 26.9 Å². The van der Waals surface area contributed by atoms with Gasteiger partial charge in [0.2, 0.25) is 0 Å². The zero-order valence-corrected chi connectivity index (χ0v) is 11.8. The average Bonchev–Trinajstić information content (AvgIpc) is 1.87. The first kappa shape index (κ1) is 19.0. The van der Waals surface area contributed by atoms with Crippen LogP contribution in [0, 0.1) is 14.4 Å². The van der Waals surface area contributed by atoms with Gasteiger partial charge >= 0.3 is 0 Å². The minimum absolute atomic E-state index is 0. The van der Waals surface area contributed by atoms with E-state index in [0.717, 1.165) is 0 Å². The third-order valence-electron chi connectivity index (χ3n) is 0.940. The molecule has 0 saturated heterocycles. The summed E-state index contributed by atoms with van der Waals surface area (Å²) in [5.41, 5.74) is 1.32. The van der Waals surface area contributed by atoms with Gasteiger partial charge in [0.05, 0.1) is 0 Å². The van der Waals surface area contributed by atoms with Crippen molar-refractivity contribution in [3.05, 3.63) is 43.3 Å². The monoisotopic (exact) mass is 256 g/mol. The molecule has 0 aliphatic heterocycles. The molecule has 1 radical (unpaired) electrons. The Balaban J connectivity index is -0.000000150. The van der Waals surface area contributed by atoms with Crippen LogP contribution in [0.5, 0.6) is 0 Å². The van der Waals surface area contributed by atoms with Crippen molar-refractivity contribution < 1.29 is 37.8 Å². The maximum atomic E-state index is 8.06. The Hall–Kier alpha value is 0.284. The van der Waals surface area contributed by atoms with E-state index in [4.69, 9.17) is 5.11 Å². The molecule has 0 spiro atoms. The van der Waals surface area contributed by atoms with Crippen molar-refractivity contribution in [3.8, 4) is 0 Å². The van der Waals surface area contributed by atoms with Crippen LogP contribution in [0.4, 0.5) is 0 Å². The number of rotatable bonds is 0. The zero-order valence-electron chi connectivity index (χ0n) is 8.99. The Labute approximate surface area is 107 Å². The summed E-state index contributed by atoms with van der Waals surface area (Å²) in [6.07, 6.45) is -0.167. The number of aryl methyl sites for hydroxylation is 1. The second-order valence-electron chi connectivity index (χ2n) is 2.75. The molecular weight excluding hydrogens is 237 g/mol. The molecule has 1 aromatic rings. The maximum Gasteiger partial charge on any atom is 0.0483 e. The Morgan fingerprint density at radius 3 is 1.54 bits per heavy atom. The molecule has 73 valence electrons. The Morgan fingerprint density at radius 1 is 1.08 bits per heavy atom. The molecule has 1 N–H and O–H groups in total. The van der Waals surface area contributed by atoms with Crippen LogP contribution in [0.15, 0.2) is 30.3 Å². The molecule has 0 heterocycles. The molecule has 0 aliphatic rings. The quantitative estimate of drug-likeness (QED) is 0.708. The van der Waals surface area contributed by atoms with Gasteiger partial charge in [-0.3, -0.25) is 0 Å². The zero-order chi connectivity index (χ0) is 8.69. The largest absolute Gasteiger partial charge is 0.394 e. The standard InChI is InChI=1S/C7H8.C3H8O.CH3.Y/c1-7-5-3-2-4-6-7;1-3(2)4;;/h2-6H,1H3;3-4H,1-2H3;1H3;/q;;-1;. The minimum atomic E-state index is -0.167. The first-order valence-electron chi connectivity index (χ1n) is 3.82. The fourth-order valence-corrected chi connectivity index (χ4v) is 0.534. The number of hydrogen-bond donors (Lipinski definition) is 1. The van der Waals surface area contributed by atoms with Crippen LogP contribution in [0.2, 0.25) is 0 Å². The van der Waals surface area contributed by atoms with Crippen molar-refractivity contribution in [2.24, 2.45) is 0 Å². The van der Waals surface area contributed by atoms with Gasteiger partial charge in [0.1, 0.15) is 0 Å². The van der Waals surface area contributed by atoms with E-state index in [9.17, 15) is 0 Å². The second kappa shape index (κ2) is 12.3. The van der Waals surface area contributed by atoms with Crippen molar-refractivity contribution in [1.82, 2.24) is 0 Å². The fourth-order valence-electron chi connectivity index (χ4n) is 0.534. The van der Waals surface area contributed by atoms with Crippen molar-refractivity contribution in [1.29, 1.82) is 0 Å². The fraction of sp³-hybridized carbons (Fsp3) is 0.364. The summed E-state index contributed by atoms with van der Waals surface area (Å²) < 4.78 is 0. The van der Waals surface area contributed by atoms with Crippen molar-refractivity contribution in [2.75, 3.05) is 0 Å². The van der Waals surface area contributed by atoms with Gasteiger partial charge in [0, 0.05) is 38.8 Å². The van der Waals surface area contributed by atoms with E-state index in [2.05, 4.69) is 19.1 Å². The van der Waals surface area contributed by atoms with Crippen LogP contribution < -0.4 is 0 Å². The molecule has 1 aromatic carbocycles. The normalized spacial score (nSPS) is 7.46. The van der Waals surface area contributed by atoms with E-state index < -0.39 is 0 Å². The minimum Gasteiger partial charge on any atom is -0.394 e. The molecule has 13 heavy (non-hydrogen) atoms. The van der Waals surface area contributed by atoms with Gasteiger partial charge in [-0.1, -0.05) is 35.9 Å². The number of benzene rings is 1. The summed E-state index contributed by atoms with van der Waals surface area (Å²) >= 11 is 0. The van der Waals surface area contributed by atoms with Crippen LogP contribution >= 0.6 is 0 Å². The summed E-state index contributed by atoms with van der Waals surface area (Å²) in [6, 6.07) is 10.3. The third kappa shape index (κ3) is 18.9. The van der Waals surface area contributed by atoms with Crippen LogP contribution in [-0.4, -0.2) is 11.2 Å². The van der Waals surface area contributed by atoms with Gasteiger partial charge in [-0.2, -0.15) is 0 Å². The van der Waals surface area contributed by atoms with E-state index in [1.807, 2.05) is 18.2 Å². The van der Waals surface area contributed by atoms with Crippen LogP contribution in [0.25, 0.3) is 0 Å². The molecular formula is C11H19OY-. The topological polar surface area (TPSA) is 20.2 Å². The summed E-state index contributed by atoms with van der Waals surface area (Å²) in [6.45, 7) is 5.53. The molecule has 0 atom stereocenters. The number of aliphatic hydroxyl groups excluding tert-OH is 1. The van der Waals surface area contributed by atoms with Gasteiger partial charge in [-0.25, -0.2) is 0 Å². The first-order valence-corrected chi connectivity index (χ1v) is 3.82. The van der Waals surface area contributed by atoms with Crippen LogP contribution in [0.1, 0.15) is 19.4 Å². The van der Waals surface area contributed by atoms with Crippen molar-refractivity contribution >= 4 is 0 Å². The predicted octanol–water partition coefficient (Wildman–Crippen LogP) is 2.83. The van der Waals surface area contributed by atoms with Crippen molar-refractivity contribution in [3.63, 3.8) is 0 Å². The predicted molar refractivity (Wildman–Crippen MR) is 54.9 cm³/mol. The molecule has 2 heteroatoms. The SMILES string of the molecule is CC(C)O.Cc1ccccc1.[CH3-].[Y]. The number of hydrogen-bond acceptors (Lipinski definition) is 1. The third-order valence-corrected chi connectivity index (χ3v) is 0.940. The van der Waals surface area contributed by atoms with Crippen LogP contribution in [-0.2, 0) is 32.7 Å². The average molecular weight is 256 g/mol. The molecule has 1 rings (SSSR count). The summed E-state index contributed by atoms with van der Waals surface area (Å²) in [5.74, 6) is 0. The molecule has 0 aromatic heterocycles. The summed E-state index contributed by atoms with van der Waals surface area (Å²) in [4.78, 5) is 0. The molecule has 0 amide bonds. The van der Waals surface area contributed by atoms with E-state index >= 15 is 0 Å². The van der Waals surface area contributed by atoms with E-state index in [-0.39, 0.29) is 46.2 Å². The molecule has 0 saturated carbocycles. The summed E-state index contributed by atoms with van der Waals surface area (Å²) in [5, 5.41) is 8.06. The van der Waals surface area contributed by atoms with E-state index in [1.54, 1.807) is 13.8 Å². The first-order chi connectivity index (χ1) is 5.13. The van der Waals surface area contributed by atoms with Gasteiger partial charge in [-0.05, 0) is 20.8 Å². The molecule has 0 aliphatic carbocycles. The number of aliphatic hydroxyl groups is 1. The molecule has 1 nitrogen and oxygen atoms in total. The Morgan fingerprint density at radius 2 is 1.38 bits per heavy atom. The van der Waals surface area contributed by atoms with Gasteiger partial charge in [0.25, 0.3) is 0 Å². The summed E-state index contributed by atoms with van der Waals surface area (Å²) in [7, 11) is 0. The van der Waals surface area contributed by atoms with E-state index in [0.29, 0.717) is 0 Å². The maximum absolute atomic E-state index is 8.06. The van der Waals surface area contributed by atoms with Crippen LogP contribution in [0.3, 0.4) is 0 Å². The van der Waals surface area contributed by atoms with Gasteiger partial charge < -0.3 is 12.5 Å². The second-order valence-corrected chi connectivity index (χ2v) is 2.75. The van der Waals surface area contributed by atoms with E-state index in [1.165, 1.54) is 5.56 Å². The Bertz CT molecular complexity index is 170. The molecule has 0 bridgehead atoms. The Kier molecular flexibility index (Phi) is 17.9. The molecule has 0 unspecified atom stereocenters. The smallest absolute Gasteiger partial charge is 0.0483 e. The molecule has 0 fully saturated rings. The van der Waals surface area contributed by atoms with Gasteiger partial charge in [-0.15, -0.1) is 0 Å².